The van der Waals surface area contributed by atoms with Gasteiger partial charge in [0.05, 0.1) is 11.5 Å². The van der Waals surface area contributed by atoms with Crippen LogP contribution in [0.4, 0.5) is 0 Å². The van der Waals surface area contributed by atoms with Crippen LogP contribution in [0.2, 0.25) is 0 Å². The maximum Gasteiger partial charge on any atom is 0.327 e. The van der Waals surface area contributed by atoms with Gasteiger partial charge in [0.15, 0.2) is 0 Å². The predicted molar refractivity (Wildman–Crippen MR) is 142 cm³/mol. The number of hydrogen-bond donors (Lipinski definition) is 1. The number of amides is 1. The third-order valence-corrected chi connectivity index (χ3v) is 6.97. The van der Waals surface area contributed by atoms with Crippen LogP contribution in [0.5, 0.6) is 5.75 Å². The van der Waals surface area contributed by atoms with Crippen molar-refractivity contribution in [2.75, 3.05) is 6.61 Å². The summed E-state index contributed by atoms with van der Waals surface area (Å²) in [5.41, 5.74) is 1.67. The Kier molecular flexibility index (Phi) is 10.2. The molecule has 2 aromatic carbocycles. The maximum atomic E-state index is 13.1. The van der Waals surface area contributed by atoms with E-state index in [1.165, 1.54) is 37.0 Å². The molecule has 5 nitrogen and oxygen atoms in total. The van der Waals surface area contributed by atoms with Gasteiger partial charge in [0, 0.05) is 6.42 Å². The average molecular weight is 498 g/mol. The first-order chi connectivity index (χ1) is 16.5. The lowest BCUT2D eigenvalue weighted by molar-refractivity contribution is -0.145. The van der Waals surface area contributed by atoms with Gasteiger partial charge in [-0.25, -0.2) is 4.79 Å². The van der Waals surface area contributed by atoms with Crippen LogP contribution in [0.15, 0.2) is 59.5 Å². The Hall–Kier alpha value is -2.64. The van der Waals surface area contributed by atoms with E-state index in [1.54, 1.807) is 6.08 Å². The van der Waals surface area contributed by atoms with Crippen LogP contribution in [0.3, 0.4) is 0 Å². The summed E-state index contributed by atoms with van der Waals surface area (Å²) in [7, 11) is 0. The zero-order valence-corrected chi connectivity index (χ0v) is 21.1. The van der Waals surface area contributed by atoms with Crippen molar-refractivity contribution in [1.29, 1.82) is 0 Å². The molecule has 1 aliphatic rings. The molecule has 1 heterocycles. The van der Waals surface area contributed by atoms with Gasteiger partial charge in [-0.2, -0.15) is 0 Å². The molecule has 34 heavy (non-hydrogen) atoms. The zero-order valence-electron chi connectivity index (χ0n) is 19.4. The molecule has 1 amide bonds. The average Bonchev–Trinajstić information content (AvgIpc) is 3.11. The molecule has 0 spiro atoms. The van der Waals surface area contributed by atoms with Crippen molar-refractivity contribution in [3.63, 3.8) is 0 Å². The summed E-state index contributed by atoms with van der Waals surface area (Å²) in [4.78, 5) is 26.7. The number of ether oxygens (including phenoxy) is 1. The number of rotatable bonds is 13. The smallest absolute Gasteiger partial charge is 0.327 e. The molecule has 0 aliphatic carbocycles. The number of carboxylic acid groups (broad SMARTS) is 1. The number of unbranched alkanes of at least 4 members (excludes halogenated alkanes) is 5. The van der Waals surface area contributed by atoms with Crippen molar-refractivity contribution in [2.24, 2.45) is 0 Å². The number of nitrogens with zero attached hydrogens (tertiary/aromatic N) is 1. The molecule has 3 rings (SSSR count). The highest BCUT2D eigenvalue weighted by Gasteiger charge is 2.40. The molecule has 1 saturated heterocycles. The largest absolute Gasteiger partial charge is 0.494 e. The maximum absolute atomic E-state index is 13.1. The second-order valence-corrected chi connectivity index (χ2v) is 9.96. The molecule has 1 atom stereocenters. The minimum atomic E-state index is -1.08. The number of hydrogen-bond acceptors (Lipinski definition) is 5. The number of thioether (sulfide) groups is 1. The van der Waals surface area contributed by atoms with E-state index >= 15 is 0 Å². The Morgan fingerprint density at radius 3 is 2.41 bits per heavy atom. The molecule has 180 valence electrons. The monoisotopic (exact) mass is 497 g/mol. The predicted octanol–water partition coefficient (Wildman–Crippen LogP) is 6.32. The van der Waals surface area contributed by atoms with Gasteiger partial charge in [0.25, 0.3) is 5.91 Å². The number of benzene rings is 2. The van der Waals surface area contributed by atoms with Crippen LogP contribution in [0, 0.1) is 0 Å². The van der Waals surface area contributed by atoms with Gasteiger partial charge in [-0.1, -0.05) is 105 Å². The van der Waals surface area contributed by atoms with Crippen LogP contribution in [0.1, 0.15) is 56.6 Å². The van der Waals surface area contributed by atoms with Crippen molar-refractivity contribution in [1.82, 2.24) is 4.90 Å². The summed E-state index contributed by atoms with van der Waals surface area (Å²) in [6.45, 7) is 2.91. The van der Waals surface area contributed by atoms with Gasteiger partial charge in [0.2, 0.25) is 0 Å². The summed E-state index contributed by atoms with van der Waals surface area (Å²) in [6.07, 6.45) is 9.26. The third kappa shape index (κ3) is 7.43. The Balaban J connectivity index is 1.59. The van der Waals surface area contributed by atoms with Gasteiger partial charge >= 0.3 is 5.97 Å². The van der Waals surface area contributed by atoms with Gasteiger partial charge in [-0.3, -0.25) is 9.69 Å². The first-order valence-corrected chi connectivity index (χ1v) is 13.0. The minimum Gasteiger partial charge on any atom is -0.494 e. The molecule has 1 aliphatic heterocycles. The molecule has 0 unspecified atom stereocenters. The summed E-state index contributed by atoms with van der Waals surface area (Å²) < 4.78 is 6.08. The highest BCUT2D eigenvalue weighted by Crippen LogP contribution is 2.35. The number of carboxylic acids is 1. The van der Waals surface area contributed by atoms with Crippen molar-refractivity contribution < 1.29 is 19.4 Å². The van der Waals surface area contributed by atoms with Crippen molar-refractivity contribution in [2.45, 2.75) is 57.9 Å². The fourth-order valence-electron chi connectivity index (χ4n) is 3.76. The fraction of sp³-hybridized carbons (Fsp3) is 0.370. The van der Waals surface area contributed by atoms with E-state index in [-0.39, 0.29) is 16.6 Å². The summed E-state index contributed by atoms with van der Waals surface area (Å²) in [6, 6.07) is 15.8. The molecular weight excluding hydrogens is 466 g/mol. The number of carbonyl (C=O) groups is 2. The highest BCUT2D eigenvalue weighted by atomic mass is 32.2. The number of carbonyl (C=O) groups excluding carboxylic acids is 1. The van der Waals surface area contributed by atoms with Gasteiger partial charge in [-0.05, 0) is 35.8 Å². The van der Waals surface area contributed by atoms with Gasteiger partial charge in [0.1, 0.15) is 16.1 Å². The lowest BCUT2D eigenvalue weighted by Crippen LogP contribution is -2.45. The molecule has 1 fully saturated rings. The van der Waals surface area contributed by atoms with Crippen molar-refractivity contribution >= 4 is 46.3 Å². The normalized spacial score (nSPS) is 15.7. The second kappa shape index (κ2) is 13.3. The van der Waals surface area contributed by atoms with E-state index in [4.69, 9.17) is 17.0 Å². The molecule has 0 aromatic heterocycles. The van der Waals surface area contributed by atoms with Crippen molar-refractivity contribution in [3.8, 4) is 5.75 Å². The molecule has 1 N–H and O–H groups in total. The van der Waals surface area contributed by atoms with Crippen molar-refractivity contribution in [3.05, 3.63) is 70.6 Å². The quantitative estimate of drug-likeness (QED) is 0.198. The van der Waals surface area contributed by atoms with E-state index in [2.05, 4.69) is 6.92 Å². The van der Waals surface area contributed by atoms with E-state index < -0.39 is 12.0 Å². The summed E-state index contributed by atoms with van der Waals surface area (Å²) >= 11 is 6.52. The number of thiocarbonyl (C=S) groups is 1. The minimum absolute atomic E-state index is 0.195. The first-order valence-electron chi connectivity index (χ1n) is 11.8. The Labute approximate surface area is 211 Å². The highest BCUT2D eigenvalue weighted by molar-refractivity contribution is 8.26. The Bertz CT molecular complexity index is 1010. The molecule has 0 bridgehead atoms. The Morgan fingerprint density at radius 1 is 1.06 bits per heavy atom. The Morgan fingerprint density at radius 2 is 1.74 bits per heavy atom. The third-order valence-electron chi connectivity index (χ3n) is 5.64. The molecule has 7 heteroatoms. The van der Waals surface area contributed by atoms with E-state index in [0.717, 1.165) is 35.1 Å². The fourth-order valence-corrected chi connectivity index (χ4v) is 5.12. The molecule has 0 saturated carbocycles. The van der Waals surface area contributed by atoms with Crippen LogP contribution in [0.25, 0.3) is 6.08 Å². The van der Waals surface area contributed by atoms with Crippen LogP contribution in [-0.2, 0) is 16.0 Å². The molecule has 0 radical (unpaired) electrons. The van der Waals surface area contributed by atoms with E-state index in [0.29, 0.717) is 11.5 Å². The summed E-state index contributed by atoms with van der Waals surface area (Å²) in [5, 5.41) is 9.78. The first kappa shape index (κ1) is 26.0. The lowest BCUT2D eigenvalue weighted by atomic mass is 10.0. The molecular formula is C27H31NO4S2. The second-order valence-electron chi connectivity index (χ2n) is 8.28. The van der Waals surface area contributed by atoms with Crippen LogP contribution >= 0.6 is 24.0 Å². The molecule has 2 aromatic rings. The number of aliphatic carboxylic acids is 1. The topological polar surface area (TPSA) is 66.8 Å². The van der Waals surface area contributed by atoms with E-state index in [9.17, 15) is 14.7 Å². The van der Waals surface area contributed by atoms with Crippen LogP contribution in [-0.4, -0.2) is 38.9 Å². The van der Waals surface area contributed by atoms with E-state index in [1.807, 2.05) is 54.6 Å². The van der Waals surface area contributed by atoms with Gasteiger partial charge in [-0.15, -0.1) is 0 Å². The lowest BCUT2D eigenvalue weighted by Gasteiger charge is -2.23. The van der Waals surface area contributed by atoms with Gasteiger partial charge < -0.3 is 9.84 Å². The standard InChI is InChI=1S/C27H31NO4S2/c1-2-3-4-5-6-10-17-32-22-15-13-21(14-16-22)19-24-25(29)28(27(33)34-24)23(26(30)31)18-20-11-8-7-9-12-20/h7-9,11-16,19,23H,2-6,10,17-18H2,1H3,(H,30,31)/b24-19+/t23-/m0/s1. The summed E-state index contributed by atoms with van der Waals surface area (Å²) in [5.74, 6) is -0.651. The SMILES string of the molecule is CCCCCCCCOc1ccc(/C=C2/SC(=S)N([C@@H](Cc3ccccc3)C(=O)O)C2=O)cc1. The zero-order chi connectivity index (χ0) is 24.3. The van der Waals surface area contributed by atoms with Crippen LogP contribution < -0.4 is 4.74 Å².